The number of hydrogen-bond donors (Lipinski definition) is 1. The van der Waals surface area contributed by atoms with Crippen molar-refractivity contribution in [1.82, 2.24) is 10.3 Å². The molecule has 0 bridgehead atoms. The number of rotatable bonds is 7. The second-order valence-electron chi connectivity index (χ2n) is 4.88. The van der Waals surface area contributed by atoms with Gasteiger partial charge in [0.05, 0.1) is 6.10 Å². The maximum absolute atomic E-state index is 6.17. The summed E-state index contributed by atoms with van der Waals surface area (Å²) >= 11 is 6.17. The molecule has 0 aromatic carbocycles. The summed E-state index contributed by atoms with van der Waals surface area (Å²) < 4.78 is 5.70. The molecule has 0 amide bonds. The van der Waals surface area contributed by atoms with Gasteiger partial charge >= 0.3 is 0 Å². The molecule has 0 aliphatic carbocycles. The summed E-state index contributed by atoms with van der Waals surface area (Å²) in [6.07, 6.45) is 4.07. The van der Waals surface area contributed by atoms with E-state index in [1.54, 1.807) is 0 Å². The van der Waals surface area contributed by atoms with Gasteiger partial charge in [-0.1, -0.05) is 38.8 Å². The van der Waals surface area contributed by atoms with Gasteiger partial charge in [-0.3, -0.25) is 0 Å². The molecular formula is C14H23ClN2O. The summed E-state index contributed by atoms with van der Waals surface area (Å²) in [6, 6.07) is 2.36. The van der Waals surface area contributed by atoms with Crippen LogP contribution >= 0.6 is 11.6 Å². The maximum Gasteiger partial charge on any atom is 0.232 e. The van der Waals surface area contributed by atoms with E-state index in [0.29, 0.717) is 16.9 Å². The lowest BCUT2D eigenvalue weighted by molar-refractivity contribution is 0.201. The summed E-state index contributed by atoms with van der Waals surface area (Å²) in [5.41, 5.74) is 1.07. The van der Waals surface area contributed by atoms with Crippen LogP contribution in [0.2, 0.25) is 5.02 Å². The molecule has 0 saturated heterocycles. The van der Waals surface area contributed by atoms with Gasteiger partial charge in [0.2, 0.25) is 5.88 Å². The molecule has 0 fully saturated rings. The Morgan fingerprint density at radius 3 is 2.67 bits per heavy atom. The molecular weight excluding hydrogens is 248 g/mol. The highest BCUT2D eigenvalue weighted by molar-refractivity contribution is 6.31. The van der Waals surface area contributed by atoms with Crippen LogP contribution in [0.4, 0.5) is 0 Å². The summed E-state index contributed by atoms with van der Waals surface area (Å²) in [5.74, 6) is 0.533. The minimum absolute atomic E-state index is 0.152. The Labute approximate surface area is 115 Å². The third-order valence-corrected chi connectivity index (χ3v) is 2.86. The van der Waals surface area contributed by atoms with Crippen molar-refractivity contribution in [3.8, 4) is 5.88 Å². The van der Waals surface area contributed by atoms with E-state index in [-0.39, 0.29) is 6.10 Å². The van der Waals surface area contributed by atoms with E-state index < -0.39 is 0 Å². The highest BCUT2D eigenvalue weighted by atomic mass is 35.5. The lowest BCUT2D eigenvalue weighted by Crippen LogP contribution is -2.22. The standard InChI is InChI=1S/C14H23ClN2O/c1-5-6-11(4)18-14-13(15)7-12(9-17-14)8-16-10(2)3/h7,9-11,16H,5-6,8H2,1-4H3. The minimum atomic E-state index is 0.152. The molecule has 4 heteroatoms. The van der Waals surface area contributed by atoms with Crippen LogP contribution in [0, 0.1) is 0 Å². The molecule has 0 aliphatic heterocycles. The number of hydrogen-bond acceptors (Lipinski definition) is 3. The van der Waals surface area contributed by atoms with Crippen LogP contribution in [0.15, 0.2) is 12.3 Å². The molecule has 0 spiro atoms. The first-order chi connectivity index (χ1) is 8.52. The molecule has 1 atom stereocenters. The van der Waals surface area contributed by atoms with Crippen molar-refractivity contribution in [3.05, 3.63) is 22.8 Å². The second-order valence-corrected chi connectivity index (χ2v) is 5.29. The molecule has 0 aliphatic rings. The van der Waals surface area contributed by atoms with Crippen molar-refractivity contribution in [3.63, 3.8) is 0 Å². The highest BCUT2D eigenvalue weighted by Crippen LogP contribution is 2.24. The first-order valence-corrected chi connectivity index (χ1v) is 6.95. The normalized spacial score (nSPS) is 12.8. The van der Waals surface area contributed by atoms with Gasteiger partial charge in [-0.05, 0) is 25.0 Å². The predicted octanol–water partition coefficient (Wildman–Crippen LogP) is 3.80. The monoisotopic (exact) mass is 270 g/mol. The summed E-state index contributed by atoms with van der Waals surface area (Å²) in [4.78, 5) is 4.28. The molecule has 1 aromatic heterocycles. The van der Waals surface area contributed by atoms with Gasteiger partial charge in [-0.2, -0.15) is 0 Å². The van der Waals surface area contributed by atoms with Gasteiger partial charge in [-0.25, -0.2) is 4.98 Å². The first kappa shape index (κ1) is 15.3. The number of aromatic nitrogens is 1. The van der Waals surface area contributed by atoms with Crippen molar-refractivity contribution in [2.24, 2.45) is 0 Å². The maximum atomic E-state index is 6.17. The van der Waals surface area contributed by atoms with E-state index in [1.165, 1.54) is 0 Å². The highest BCUT2D eigenvalue weighted by Gasteiger charge is 2.09. The summed E-state index contributed by atoms with van der Waals surface area (Å²) in [6.45, 7) is 9.17. The smallest absolute Gasteiger partial charge is 0.232 e. The molecule has 0 saturated carbocycles. The zero-order chi connectivity index (χ0) is 13.5. The largest absolute Gasteiger partial charge is 0.474 e. The van der Waals surface area contributed by atoms with Gasteiger partial charge in [0, 0.05) is 18.8 Å². The van der Waals surface area contributed by atoms with E-state index in [9.17, 15) is 0 Å². The Kier molecular flexibility index (Phi) is 6.44. The topological polar surface area (TPSA) is 34.1 Å². The molecule has 1 heterocycles. The lowest BCUT2D eigenvalue weighted by atomic mass is 10.2. The fraction of sp³-hybridized carbons (Fsp3) is 0.643. The van der Waals surface area contributed by atoms with Crippen LogP contribution in [-0.4, -0.2) is 17.1 Å². The fourth-order valence-corrected chi connectivity index (χ4v) is 1.86. The average Bonchev–Trinajstić information content (AvgIpc) is 2.30. The zero-order valence-corrected chi connectivity index (χ0v) is 12.4. The molecule has 1 N–H and O–H groups in total. The minimum Gasteiger partial charge on any atom is -0.474 e. The Balaban J connectivity index is 2.61. The number of pyridine rings is 1. The number of ether oxygens (including phenoxy) is 1. The number of nitrogens with one attached hydrogen (secondary N) is 1. The summed E-state index contributed by atoms with van der Waals surface area (Å²) in [5, 5.41) is 3.91. The van der Waals surface area contributed by atoms with Gasteiger partial charge in [0.15, 0.2) is 0 Å². The van der Waals surface area contributed by atoms with Crippen LogP contribution in [0.25, 0.3) is 0 Å². The molecule has 18 heavy (non-hydrogen) atoms. The number of nitrogens with zero attached hydrogens (tertiary/aromatic N) is 1. The van der Waals surface area contributed by atoms with Gasteiger partial charge < -0.3 is 10.1 Å². The van der Waals surface area contributed by atoms with Crippen LogP contribution in [-0.2, 0) is 6.54 Å². The van der Waals surface area contributed by atoms with E-state index in [2.05, 4.69) is 31.1 Å². The molecule has 0 radical (unpaired) electrons. The van der Waals surface area contributed by atoms with E-state index in [4.69, 9.17) is 16.3 Å². The van der Waals surface area contributed by atoms with Crippen molar-refractivity contribution >= 4 is 11.6 Å². The zero-order valence-electron chi connectivity index (χ0n) is 11.7. The van der Waals surface area contributed by atoms with E-state index in [1.807, 2.05) is 19.2 Å². The SMILES string of the molecule is CCCC(C)Oc1ncc(CNC(C)C)cc1Cl. The van der Waals surface area contributed by atoms with E-state index in [0.717, 1.165) is 24.9 Å². The van der Waals surface area contributed by atoms with Crippen molar-refractivity contribution in [2.45, 2.75) is 59.2 Å². The molecule has 3 nitrogen and oxygen atoms in total. The van der Waals surface area contributed by atoms with Crippen LogP contribution in [0.3, 0.4) is 0 Å². The Morgan fingerprint density at radius 2 is 2.11 bits per heavy atom. The van der Waals surface area contributed by atoms with Crippen LogP contribution in [0.1, 0.15) is 46.1 Å². The van der Waals surface area contributed by atoms with Crippen molar-refractivity contribution < 1.29 is 4.74 Å². The predicted molar refractivity (Wildman–Crippen MR) is 76.2 cm³/mol. The third kappa shape index (κ3) is 5.23. The lowest BCUT2D eigenvalue weighted by Gasteiger charge is -2.14. The second kappa shape index (κ2) is 7.59. The Hall–Kier alpha value is -0.800. The van der Waals surface area contributed by atoms with Gasteiger partial charge in [0.1, 0.15) is 5.02 Å². The molecule has 1 rings (SSSR count). The fourth-order valence-electron chi connectivity index (χ4n) is 1.63. The average molecular weight is 271 g/mol. The summed E-state index contributed by atoms with van der Waals surface area (Å²) in [7, 11) is 0. The van der Waals surface area contributed by atoms with E-state index >= 15 is 0 Å². The van der Waals surface area contributed by atoms with Crippen LogP contribution in [0.5, 0.6) is 5.88 Å². The van der Waals surface area contributed by atoms with Gasteiger partial charge in [0.25, 0.3) is 0 Å². The van der Waals surface area contributed by atoms with Crippen LogP contribution < -0.4 is 10.1 Å². The first-order valence-electron chi connectivity index (χ1n) is 6.57. The molecule has 102 valence electrons. The number of halogens is 1. The Bertz CT molecular complexity index is 369. The van der Waals surface area contributed by atoms with Gasteiger partial charge in [-0.15, -0.1) is 0 Å². The quantitative estimate of drug-likeness (QED) is 0.818. The van der Waals surface area contributed by atoms with Crippen molar-refractivity contribution in [2.75, 3.05) is 0 Å². The Morgan fingerprint density at radius 1 is 1.39 bits per heavy atom. The third-order valence-electron chi connectivity index (χ3n) is 2.59. The molecule has 1 aromatic rings. The molecule has 1 unspecified atom stereocenters. The van der Waals surface area contributed by atoms with Crippen molar-refractivity contribution in [1.29, 1.82) is 0 Å².